The minimum atomic E-state index is -1.59. The zero-order valence-electron chi connectivity index (χ0n) is 20.7. The quantitative estimate of drug-likeness (QED) is 0.130. The maximum atomic E-state index is 7.50. The Morgan fingerprint density at radius 1 is 0.684 bits per heavy atom. The number of benzene rings is 3. The fourth-order valence-corrected chi connectivity index (χ4v) is 3.79. The molecule has 1 atom stereocenters. The van der Waals surface area contributed by atoms with Crippen LogP contribution in [0.15, 0.2) is 91.0 Å². The molecule has 3 aromatic carbocycles. The molecule has 4 rings (SSSR count). The van der Waals surface area contributed by atoms with E-state index in [4.69, 9.17) is 27.6 Å². The van der Waals surface area contributed by atoms with Crippen LogP contribution in [0.2, 0.25) is 0 Å². The Hall–Kier alpha value is -2.26. The maximum Gasteiger partial charge on any atom is 0.530 e. The van der Waals surface area contributed by atoms with Crippen molar-refractivity contribution in [2.45, 2.75) is 6.42 Å². The normalized spacial score (nSPS) is 11.9. The van der Waals surface area contributed by atoms with Crippen molar-refractivity contribution < 1.29 is 57.1 Å². The smallest absolute Gasteiger partial charge is 0.530 e. The van der Waals surface area contributed by atoms with Crippen LogP contribution in [0.4, 0.5) is 0 Å². The van der Waals surface area contributed by atoms with E-state index < -0.39 is 8.60 Å². The molecule has 0 spiro atoms. The first kappa shape index (κ1) is 37.9. The summed E-state index contributed by atoms with van der Waals surface area (Å²) in [5, 5.41) is 0. The SMILES string of the molecule is COC[C@@H]1[CH][CH][CH][CH][CH]C1.[C-]#[O+].[C-]#[O+].[Cl-].[Fe].c1ccc(OP(Oc2ccccc2)Oc2ccccc2)cc1. The van der Waals surface area contributed by atoms with E-state index in [-0.39, 0.29) is 29.5 Å². The van der Waals surface area contributed by atoms with Crippen molar-refractivity contribution >= 4 is 8.60 Å². The van der Waals surface area contributed by atoms with Crippen LogP contribution in [0.5, 0.6) is 17.2 Å². The molecule has 3 aromatic rings. The molecule has 38 heavy (non-hydrogen) atoms. The second-order valence-electron chi connectivity index (χ2n) is 6.89. The number of ether oxygens (including phenoxy) is 1. The van der Waals surface area contributed by atoms with Gasteiger partial charge in [0.1, 0.15) is 17.2 Å². The Kier molecular flexibility index (Phi) is 26.3. The van der Waals surface area contributed by atoms with E-state index in [9.17, 15) is 0 Å². The average Bonchev–Trinajstić information content (AvgIpc) is 3.22. The van der Waals surface area contributed by atoms with Crippen molar-refractivity contribution in [2.75, 3.05) is 13.7 Å². The van der Waals surface area contributed by atoms with Crippen LogP contribution in [0, 0.1) is 51.3 Å². The molecule has 0 bridgehead atoms. The summed E-state index contributed by atoms with van der Waals surface area (Å²) >= 11 is 0. The van der Waals surface area contributed by atoms with E-state index >= 15 is 0 Å². The van der Waals surface area contributed by atoms with Gasteiger partial charge in [0.25, 0.3) is 0 Å². The molecule has 5 radical (unpaired) electrons. The van der Waals surface area contributed by atoms with Crippen molar-refractivity contribution in [3.8, 4) is 17.2 Å². The zero-order valence-corrected chi connectivity index (χ0v) is 23.4. The van der Waals surface area contributed by atoms with Gasteiger partial charge in [-0.15, -0.1) is 0 Å². The Balaban J connectivity index is 0. The van der Waals surface area contributed by atoms with Gasteiger partial charge in [-0.1, -0.05) is 54.6 Å². The van der Waals surface area contributed by atoms with Gasteiger partial charge in [-0.2, -0.15) is 0 Å². The summed E-state index contributed by atoms with van der Waals surface area (Å²) in [7, 11) is 0.153. The van der Waals surface area contributed by atoms with Crippen molar-refractivity contribution in [3.05, 3.63) is 136 Å². The van der Waals surface area contributed by atoms with Gasteiger partial charge in [0.2, 0.25) is 0 Å². The van der Waals surface area contributed by atoms with Crippen LogP contribution >= 0.6 is 8.60 Å². The minimum Gasteiger partial charge on any atom is -1.00 e. The third kappa shape index (κ3) is 17.3. The monoisotopic (exact) mass is 594 g/mol. The molecule has 0 aromatic heterocycles. The van der Waals surface area contributed by atoms with Gasteiger partial charge < -0.3 is 30.7 Å². The molecule has 1 aliphatic rings. The van der Waals surface area contributed by atoms with Gasteiger partial charge in [-0.3, -0.25) is 0 Å². The van der Waals surface area contributed by atoms with E-state index in [0.29, 0.717) is 23.2 Å². The molecule has 0 N–H and O–H groups in total. The van der Waals surface area contributed by atoms with E-state index in [1.807, 2.05) is 91.0 Å². The van der Waals surface area contributed by atoms with Crippen LogP contribution in [0.1, 0.15) is 6.42 Å². The minimum absolute atomic E-state index is 0. The first-order valence-electron chi connectivity index (χ1n) is 10.9. The number of hydrogen-bond donors (Lipinski definition) is 0. The zero-order chi connectivity index (χ0) is 26.3. The van der Waals surface area contributed by atoms with Gasteiger partial charge in [-0.25, -0.2) is 0 Å². The molecular formula is C29H28ClFeO6P-. The van der Waals surface area contributed by atoms with Crippen LogP contribution in [-0.2, 0) is 31.1 Å². The summed E-state index contributed by atoms with van der Waals surface area (Å²) in [5.41, 5.74) is 0. The summed E-state index contributed by atoms with van der Waals surface area (Å²) in [6, 6.07) is 28.5. The Bertz CT molecular complexity index is 835. The third-order valence-electron chi connectivity index (χ3n) is 4.33. The van der Waals surface area contributed by atoms with E-state index in [0.717, 1.165) is 13.0 Å². The van der Waals surface area contributed by atoms with Crippen LogP contribution in [0.25, 0.3) is 0 Å². The Labute approximate surface area is 244 Å². The molecular weight excluding hydrogens is 567 g/mol. The molecule has 6 nitrogen and oxygen atoms in total. The first-order valence-corrected chi connectivity index (χ1v) is 12.0. The Morgan fingerprint density at radius 3 is 1.45 bits per heavy atom. The van der Waals surface area contributed by atoms with Gasteiger partial charge in [0, 0.05) is 30.8 Å². The van der Waals surface area contributed by atoms with Gasteiger partial charge in [-0.05, 0) is 80.8 Å². The van der Waals surface area contributed by atoms with Crippen LogP contribution in [0.3, 0.4) is 0 Å². The first-order chi connectivity index (χ1) is 17.8. The Morgan fingerprint density at radius 2 is 1.08 bits per heavy atom. The van der Waals surface area contributed by atoms with Gasteiger partial charge in [0.15, 0.2) is 0 Å². The number of rotatable bonds is 8. The number of hydrogen-bond acceptors (Lipinski definition) is 4. The predicted molar refractivity (Wildman–Crippen MR) is 137 cm³/mol. The van der Waals surface area contributed by atoms with Crippen molar-refractivity contribution in [1.82, 2.24) is 0 Å². The standard InChI is InChI=1S/C18H15O3P.C9H13O.2CO.ClH.Fe/c1-4-10-16(11-5-1)19-22(20-17-12-6-2-7-13-17)21-18-14-8-3-9-15-18;1-10-8-9-6-4-2-3-5-7-9;2*1-2;;/h1-15H;2-6,9H,7-8H2,1H3;;;1H;/p-1/t;9-;;;;/m.1..../s1. The number of methoxy groups -OCH3 is 1. The molecule has 0 heterocycles. The largest absolute Gasteiger partial charge is 1.00 e. The molecule has 1 fully saturated rings. The molecule has 201 valence electrons. The van der Waals surface area contributed by atoms with E-state index in [1.165, 1.54) is 0 Å². The van der Waals surface area contributed by atoms with Crippen LogP contribution < -0.4 is 26.0 Å². The molecule has 0 saturated heterocycles. The maximum absolute atomic E-state index is 7.50. The number of para-hydroxylation sites is 3. The van der Waals surface area contributed by atoms with Gasteiger partial charge in [0.05, 0.1) is 0 Å². The van der Waals surface area contributed by atoms with Crippen molar-refractivity contribution in [1.29, 1.82) is 0 Å². The molecule has 0 amide bonds. The fraction of sp³-hybridized carbons (Fsp3) is 0.138. The molecule has 1 saturated carbocycles. The predicted octanol–water partition coefficient (Wildman–Crippen LogP) is 4.05. The topological polar surface area (TPSA) is 76.7 Å². The van der Waals surface area contributed by atoms with Crippen LogP contribution in [-0.4, -0.2) is 13.7 Å². The summed E-state index contributed by atoms with van der Waals surface area (Å²) in [6.07, 6.45) is 11.7. The molecule has 1 aliphatic carbocycles. The summed E-state index contributed by atoms with van der Waals surface area (Å²) in [4.78, 5) is 0. The summed E-state index contributed by atoms with van der Waals surface area (Å²) in [5.74, 6) is 2.70. The summed E-state index contributed by atoms with van der Waals surface area (Å²) in [6.45, 7) is 9.83. The van der Waals surface area contributed by atoms with Crippen molar-refractivity contribution in [3.63, 3.8) is 0 Å². The van der Waals surface area contributed by atoms with E-state index in [1.54, 1.807) is 7.11 Å². The third-order valence-corrected chi connectivity index (χ3v) is 5.41. The summed E-state index contributed by atoms with van der Waals surface area (Å²) < 4.78 is 37.6. The van der Waals surface area contributed by atoms with Crippen molar-refractivity contribution in [2.24, 2.45) is 5.92 Å². The van der Waals surface area contributed by atoms with E-state index in [2.05, 4.69) is 45.4 Å². The second-order valence-corrected chi connectivity index (χ2v) is 7.89. The number of halogens is 1. The molecule has 0 unspecified atom stereocenters. The fourth-order valence-electron chi connectivity index (χ4n) is 2.79. The van der Waals surface area contributed by atoms with Gasteiger partial charge >= 0.3 is 31.2 Å². The second kappa shape index (κ2) is 26.4. The molecule has 9 heteroatoms. The average molecular weight is 595 g/mol. The molecule has 0 aliphatic heterocycles.